The second kappa shape index (κ2) is 8.02. The molecule has 1 aliphatic rings. The second-order valence-corrected chi connectivity index (χ2v) is 5.10. The van der Waals surface area contributed by atoms with Gasteiger partial charge in [-0.25, -0.2) is 4.79 Å². The Morgan fingerprint density at radius 1 is 1.25 bits per heavy atom. The van der Waals surface area contributed by atoms with Crippen LogP contribution in [0.15, 0.2) is 54.1 Å². The van der Waals surface area contributed by atoms with Crippen molar-refractivity contribution in [2.75, 3.05) is 6.61 Å². The van der Waals surface area contributed by atoms with Crippen LogP contribution in [0.4, 0.5) is 5.69 Å². The van der Waals surface area contributed by atoms with E-state index in [0.29, 0.717) is 0 Å². The summed E-state index contributed by atoms with van der Waals surface area (Å²) in [6.45, 7) is 0.860. The van der Waals surface area contributed by atoms with Crippen molar-refractivity contribution < 1.29 is 29.8 Å². The van der Waals surface area contributed by atoms with Crippen LogP contribution in [0.5, 0.6) is 0 Å². The van der Waals surface area contributed by atoms with E-state index in [0.717, 1.165) is 0 Å². The number of benzene rings is 1. The van der Waals surface area contributed by atoms with Crippen molar-refractivity contribution in [3.8, 4) is 0 Å². The summed E-state index contributed by atoms with van der Waals surface area (Å²) < 4.78 is 0. The number of nitro groups is 1. The van der Waals surface area contributed by atoms with Gasteiger partial charge in [0.05, 0.1) is 11.5 Å². The maximum atomic E-state index is 11.1. The number of aliphatic carboxylic acids is 2. The number of aliphatic hydroxyl groups is 1. The van der Waals surface area contributed by atoms with E-state index in [4.69, 9.17) is 15.3 Å². The van der Waals surface area contributed by atoms with Crippen LogP contribution in [0, 0.1) is 21.4 Å². The third-order valence-electron chi connectivity index (χ3n) is 3.78. The molecule has 8 nitrogen and oxygen atoms in total. The molecule has 2 unspecified atom stereocenters. The Kier molecular flexibility index (Phi) is 6.37. The summed E-state index contributed by atoms with van der Waals surface area (Å²) in [5, 5.41) is 37.0. The first-order chi connectivity index (χ1) is 11.3. The van der Waals surface area contributed by atoms with E-state index in [-0.39, 0.29) is 11.3 Å². The zero-order chi connectivity index (χ0) is 18.3. The van der Waals surface area contributed by atoms with Crippen LogP contribution in [-0.4, -0.2) is 38.8 Å². The fraction of sp³-hybridized carbons (Fsp3) is 0.250. The first-order valence-electron chi connectivity index (χ1n) is 6.92. The van der Waals surface area contributed by atoms with Gasteiger partial charge in [-0.3, -0.25) is 14.9 Å². The third-order valence-corrected chi connectivity index (χ3v) is 3.78. The first kappa shape index (κ1) is 19.0. The topological polar surface area (TPSA) is 138 Å². The normalized spacial score (nSPS) is 21.9. The van der Waals surface area contributed by atoms with Gasteiger partial charge in [0.25, 0.3) is 5.69 Å². The summed E-state index contributed by atoms with van der Waals surface area (Å²) in [5.74, 6) is -3.14. The maximum absolute atomic E-state index is 11.1. The van der Waals surface area contributed by atoms with Crippen molar-refractivity contribution in [2.24, 2.45) is 11.3 Å². The van der Waals surface area contributed by atoms with Crippen molar-refractivity contribution in [3.63, 3.8) is 0 Å². The minimum absolute atomic E-state index is 0.00560. The molecule has 0 radical (unpaired) electrons. The van der Waals surface area contributed by atoms with Crippen LogP contribution in [0.3, 0.4) is 0 Å². The van der Waals surface area contributed by atoms with E-state index < -0.39 is 34.8 Å². The zero-order valence-electron chi connectivity index (χ0n) is 12.8. The quantitative estimate of drug-likeness (QED) is 0.564. The summed E-state index contributed by atoms with van der Waals surface area (Å²) in [6.07, 6.45) is 4.03. The van der Waals surface area contributed by atoms with Gasteiger partial charge in [-0.05, 0) is 0 Å². The molecule has 0 saturated carbocycles. The molecule has 0 fully saturated rings. The summed E-state index contributed by atoms with van der Waals surface area (Å²) in [6, 6.07) is 7.93. The van der Waals surface area contributed by atoms with Crippen LogP contribution < -0.4 is 0 Å². The van der Waals surface area contributed by atoms with E-state index in [2.05, 4.69) is 0 Å². The standard InChI is InChI=1S/C10H12O5.C6H5NO2/c1-6-7(8(12)13)3-2-4-10(6,5-11)9(14)15;8-7(9)6-4-2-1-3-5-6/h2-4,6,11H,5H2,1H3,(H,12,13)(H,14,15);1-5H. The zero-order valence-corrected chi connectivity index (χ0v) is 12.8. The largest absolute Gasteiger partial charge is 0.481 e. The summed E-state index contributed by atoms with van der Waals surface area (Å²) in [7, 11) is 0. The molecule has 0 bridgehead atoms. The van der Waals surface area contributed by atoms with Gasteiger partial charge in [0.15, 0.2) is 0 Å². The monoisotopic (exact) mass is 335 g/mol. The van der Waals surface area contributed by atoms with Gasteiger partial charge in [0, 0.05) is 23.6 Å². The number of carboxylic acids is 2. The average Bonchev–Trinajstić information content (AvgIpc) is 2.56. The lowest BCUT2D eigenvalue weighted by Crippen LogP contribution is -2.42. The predicted octanol–water partition coefficient (Wildman–Crippen LogP) is 1.86. The maximum Gasteiger partial charge on any atom is 0.331 e. The minimum atomic E-state index is -1.53. The molecule has 1 aliphatic carbocycles. The molecule has 1 aromatic rings. The molecule has 0 amide bonds. The average molecular weight is 335 g/mol. The smallest absolute Gasteiger partial charge is 0.331 e. The molecule has 0 spiro atoms. The Hall–Kier alpha value is -3.00. The van der Waals surface area contributed by atoms with E-state index >= 15 is 0 Å². The number of carboxylic acid groups (broad SMARTS) is 2. The SMILES string of the molecule is CC1C(C(=O)O)=CC=CC1(CO)C(=O)O.O=[N+]([O-])c1ccccc1. The number of aliphatic hydroxyl groups excluding tert-OH is 1. The highest BCUT2D eigenvalue weighted by atomic mass is 16.6. The summed E-state index contributed by atoms with van der Waals surface area (Å²) >= 11 is 0. The van der Waals surface area contributed by atoms with Crippen LogP contribution in [0.1, 0.15) is 6.92 Å². The number of nitrogens with zero attached hydrogens (tertiary/aromatic N) is 1. The number of non-ortho nitro benzene ring substituents is 1. The molecule has 0 aliphatic heterocycles. The molecule has 3 N–H and O–H groups in total. The van der Waals surface area contributed by atoms with Crippen molar-refractivity contribution in [3.05, 3.63) is 64.2 Å². The lowest BCUT2D eigenvalue weighted by atomic mass is 9.70. The molecular formula is C16H17NO7. The molecule has 0 saturated heterocycles. The summed E-state index contributed by atoms with van der Waals surface area (Å²) in [4.78, 5) is 31.5. The number of allylic oxidation sites excluding steroid dienone is 2. The van der Waals surface area contributed by atoms with Crippen LogP contribution >= 0.6 is 0 Å². The van der Waals surface area contributed by atoms with Crippen molar-refractivity contribution >= 4 is 17.6 Å². The number of para-hydroxylation sites is 1. The van der Waals surface area contributed by atoms with E-state index in [1.165, 1.54) is 37.3 Å². The molecule has 0 heterocycles. The fourth-order valence-electron chi connectivity index (χ4n) is 2.21. The predicted molar refractivity (Wildman–Crippen MR) is 84.3 cm³/mol. The van der Waals surface area contributed by atoms with Crippen LogP contribution in [-0.2, 0) is 9.59 Å². The number of nitro benzene ring substituents is 1. The van der Waals surface area contributed by atoms with Gasteiger partial charge < -0.3 is 15.3 Å². The van der Waals surface area contributed by atoms with Gasteiger partial charge in [-0.1, -0.05) is 43.4 Å². The molecule has 2 atom stereocenters. The number of hydrogen-bond donors (Lipinski definition) is 3. The van der Waals surface area contributed by atoms with E-state index in [1.807, 2.05) is 0 Å². The Labute approximate surface area is 137 Å². The molecule has 8 heteroatoms. The Morgan fingerprint density at radius 2 is 1.83 bits per heavy atom. The first-order valence-corrected chi connectivity index (χ1v) is 6.92. The number of hydrogen-bond acceptors (Lipinski definition) is 5. The molecule has 1 aromatic carbocycles. The van der Waals surface area contributed by atoms with Crippen LogP contribution in [0.2, 0.25) is 0 Å². The number of carbonyl (C=O) groups is 2. The van der Waals surface area contributed by atoms with Crippen LogP contribution in [0.25, 0.3) is 0 Å². The highest BCUT2D eigenvalue weighted by Gasteiger charge is 2.45. The minimum Gasteiger partial charge on any atom is -0.481 e. The van der Waals surface area contributed by atoms with Gasteiger partial charge >= 0.3 is 11.9 Å². The Morgan fingerprint density at radius 3 is 2.21 bits per heavy atom. The molecule has 2 rings (SSSR count). The lowest BCUT2D eigenvalue weighted by molar-refractivity contribution is -0.384. The van der Waals surface area contributed by atoms with Gasteiger partial charge in [0.2, 0.25) is 0 Å². The third kappa shape index (κ3) is 4.05. The Bertz CT molecular complexity index is 681. The van der Waals surface area contributed by atoms with Gasteiger partial charge in [-0.2, -0.15) is 0 Å². The van der Waals surface area contributed by atoms with Gasteiger partial charge in [0.1, 0.15) is 5.41 Å². The van der Waals surface area contributed by atoms with E-state index in [1.54, 1.807) is 18.2 Å². The fourth-order valence-corrected chi connectivity index (χ4v) is 2.21. The molecule has 0 aromatic heterocycles. The van der Waals surface area contributed by atoms with E-state index in [9.17, 15) is 19.7 Å². The lowest BCUT2D eigenvalue weighted by Gasteiger charge is -2.32. The highest BCUT2D eigenvalue weighted by molar-refractivity contribution is 5.91. The van der Waals surface area contributed by atoms with Crippen molar-refractivity contribution in [1.29, 1.82) is 0 Å². The summed E-state index contributed by atoms with van der Waals surface area (Å²) in [5.41, 5.74) is -1.39. The number of rotatable bonds is 4. The molecule has 128 valence electrons. The molecule has 24 heavy (non-hydrogen) atoms. The van der Waals surface area contributed by atoms with Crippen molar-refractivity contribution in [1.82, 2.24) is 0 Å². The van der Waals surface area contributed by atoms with Crippen molar-refractivity contribution in [2.45, 2.75) is 6.92 Å². The highest BCUT2D eigenvalue weighted by Crippen LogP contribution is 2.37. The van der Waals surface area contributed by atoms with Gasteiger partial charge in [-0.15, -0.1) is 0 Å². The molecular weight excluding hydrogens is 318 g/mol. The second-order valence-electron chi connectivity index (χ2n) is 5.10. The Balaban J connectivity index is 0.000000272.